The molecular formula is C6H7BrN2OS. The van der Waals surface area contributed by atoms with E-state index < -0.39 is 0 Å². The largest absolute Gasteiger partial charge is 0.464 e. The van der Waals surface area contributed by atoms with E-state index in [0.717, 1.165) is 22.1 Å². The molecule has 0 aliphatic carbocycles. The van der Waals surface area contributed by atoms with Gasteiger partial charge in [-0.2, -0.15) is 0 Å². The normalized spacial score (nSPS) is 17.9. The van der Waals surface area contributed by atoms with Gasteiger partial charge in [0.1, 0.15) is 6.10 Å². The lowest BCUT2D eigenvalue weighted by Crippen LogP contribution is -2.50. The highest BCUT2D eigenvalue weighted by Gasteiger charge is 2.19. The molecule has 5 heteroatoms. The van der Waals surface area contributed by atoms with Crippen LogP contribution in [0, 0.1) is 0 Å². The van der Waals surface area contributed by atoms with Gasteiger partial charge in [0, 0.05) is 13.1 Å². The molecule has 1 saturated heterocycles. The first-order valence-electron chi connectivity index (χ1n) is 3.33. The lowest BCUT2D eigenvalue weighted by Gasteiger charge is -2.26. The summed E-state index contributed by atoms with van der Waals surface area (Å²) in [5, 5.41) is 3.88. The predicted octanol–water partition coefficient (Wildman–Crippen LogP) is 1.26. The predicted molar refractivity (Wildman–Crippen MR) is 47.1 cm³/mol. The summed E-state index contributed by atoms with van der Waals surface area (Å²) >= 11 is 4.84. The summed E-state index contributed by atoms with van der Waals surface area (Å²) in [6.07, 6.45) is 2.08. The molecule has 1 aliphatic heterocycles. The molecule has 0 radical (unpaired) electrons. The summed E-state index contributed by atoms with van der Waals surface area (Å²) in [5.41, 5.74) is 0. The average molecular weight is 235 g/mol. The minimum Gasteiger partial charge on any atom is -0.464 e. The summed E-state index contributed by atoms with van der Waals surface area (Å²) in [7, 11) is 0. The standard InChI is InChI=1S/C6H7BrN2OS/c7-5-3-9-6(11-5)10-4-1-8-2-4/h3-4,8H,1-2H2. The maximum Gasteiger partial charge on any atom is 0.274 e. The van der Waals surface area contributed by atoms with Crippen LogP contribution < -0.4 is 10.1 Å². The first-order chi connectivity index (χ1) is 5.34. The highest BCUT2D eigenvalue weighted by molar-refractivity contribution is 9.11. The van der Waals surface area contributed by atoms with Crippen LogP contribution in [0.3, 0.4) is 0 Å². The third-order valence-electron chi connectivity index (χ3n) is 1.47. The Morgan fingerprint density at radius 3 is 3.00 bits per heavy atom. The molecule has 1 N–H and O–H groups in total. The maximum absolute atomic E-state index is 5.49. The second-order valence-corrected chi connectivity index (χ2v) is 4.70. The second-order valence-electron chi connectivity index (χ2n) is 2.33. The summed E-state index contributed by atoms with van der Waals surface area (Å²) in [6.45, 7) is 1.88. The Hall–Kier alpha value is -0.130. The molecule has 1 aromatic heterocycles. The molecule has 0 saturated carbocycles. The number of nitrogens with zero attached hydrogens (tertiary/aromatic N) is 1. The van der Waals surface area contributed by atoms with Crippen LogP contribution in [0.5, 0.6) is 5.19 Å². The van der Waals surface area contributed by atoms with E-state index in [1.807, 2.05) is 0 Å². The maximum atomic E-state index is 5.49. The van der Waals surface area contributed by atoms with Crippen molar-refractivity contribution in [2.24, 2.45) is 0 Å². The third-order valence-corrected chi connectivity index (χ3v) is 2.83. The molecule has 1 aliphatic rings. The zero-order valence-corrected chi connectivity index (χ0v) is 8.11. The van der Waals surface area contributed by atoms with E-state index in [9.17, 15) is 0 Å². The van der Waals surface area contributed by atoms with Crippen LogP contribution in [0.15, 0.2) is 9.98 Å². The first kappa shape index (κ1) is 7.52. The summed E-state index contributed by atoms with van der Waals surface area (Å²) in [6, 6.07) is 0. The highest BCUT2D eigenvalue weighted by atomic mass is 79.9. The van der Waals surface area contributed by atoms with Gasteiger partial charge in [-0.15, -0.1) is 0 Å². The number of hydrogen-bond donors (Lipinski definition) is 1. The van der Waals surface area contributed by atoms with Crippen LogP contribution in [0.4, 0.5) is 0 Å². The topological polar surface area (TPSA) is 34.1 Å². The van der Waals surface area contributed by atoms with Crippen molar-refractivity contribution in [3.05, 3.63) is 9.98 Å². The molecule has 2 rings (SSSR count). The number of hydrogen-bond acceptors (Lipinski definition) is 4. The van der Waals surface area contributed by atoms with Crippen LogP contribution >= 0.6 is 27.3 Å². The molecule has 1 fully saturated rings. The monoisotopic (exact) mass is 234 g/mol. The van der Waals surface area contributed by atoms with Crippen LogP contribution in [-0.2, 0) is 0 Å². The molecule has 60 valence electrons. The average Bonchev–Trinajstić information content (AvgIpc) is 2.27. The van der Waals surface area contributed by atoms with Gasteiger partial charge in [0.05, 0.1) is 9.98 Å². The van der Waals surface area contributed by atoms with Crippen molar-refractivity contribution >= 4 is 27.3 Å². The van der Waals surface area contributed by atoms with Gasteiger partial charge < -0.3 is 10.1 Å². The van der Waals surface area contributed by atoms with Gasteiger partial charge in [-0.1, -0.05) is 11.3 Å². The molecule has 0 unspecified atom stereocenters. The van der Waals surface area contributed by atoms with Crippen molar-refractivity contribution in [2.75, 3.05) is 13.1 Å². The molecule has 11 heavy (non-hydrogen) atoms. The fourth-order valence-electron chi connectivity index (χ4n) is 0.782. The van der Waals surface area contributed by atoms with E-state index in [4.69, 9.17) is 4.74 Å². The third kappa shape index (κ3) is 1.72. The van der Waals surface area contributed by atoms with Crippen molar-refractivity contribution in [2.45, 2.75) is 6.10 Å². The van der Waals surface area contributed by atoms with E-state index in [1.165, 1.54) is 11.3 Å². The first-order valence-corrected chi connectivity index (χ1v) is 4.94. The van der Waals surface area contributed by atoms with Crippen molar-refractivity contribution in [1.29, 1.82) is 0 Å². The fourth-order valence-corrected chi connectivity index (χ4v) is 1.86. The van der Waals surface area contributed by atoms with Crippen molar-refractivity contribution < 1.29 is 4.74 Å². The lowest BCUT2D eigenvalue weighted by atomic mass is 10.2. The molecule has 3 nitrogen and oxygen atoms in total. The second kappa shape index (κ2) is 3.08. The van der Waals surface area contributed by atoms with Gasteiger partial charge in [-0.25, -0.2) is 4.98 Å². The van der Waals surface area contributed by atoms with Crippen molar-refractivity contribution in [3.63, 3.8) is 0 Å². The molecule has 0 aromatic carbocycles. The Kier molecular flexibility index (Phi) is 2.11. The van der Waals surface area contributed by atoms with Gasteiger partial charge >= 0.3 is 0 Å². The Morgan fingerprint density at radius 1 is 1.73 bits per heavy atom. The van der Waals surface area contributed by atoms with E-state index in [2.05, 4.69) is 26.2 Å². The lowest BCUT2D eigenvalue weighted by molar-refractivity contribution is 0.142. The zero-order chi connectivity index (χ0) is 7.68. The van der Waals surface area contributed by atoms with E-state index >= 15 is 0 Å². The fraction of sp³-hybridized carbons (Fsp3) is 0.500. The quantitative estimate of drug-likeness (QED) is 0.837. The summed E-state index contributed by atoms with van der Waals surface area (Å²) in [4.78, 5) is 4.06. The molecule has 0 atom stereocenters. The number of nitrogens with one attached hydrogen (secondary N) is 1. The highest BCUT2D eigenvalue weighted by Crippen LogP contribution is 2.26. The smallest absolute Gasteiger partial charge is 0.274 e. The molecular weight excluding hydrogens is 228 g/mol. The van der Waals surface area contributed by atoms with Gasteiger partial charge in [-0.05, 0) is 15.9 Å². The van der Waals surface area contributed by atoms with Crippen LogP contribution in [0.2, 0.25) is 0 Å². The van der Waals surface area contributed by atoms with Crippen LogP contribution in [0.25, 0.3) is 0 Å². The Labute approximate surface area is 76.9 Å². The molecule has 1 aromatic rings. The minimum absolute atomic E-state index is 0.327. The van der Waals surface area contributed by atoms with Gasteiger partial charge in [0.15, 0.2) is 0 Å². The van der Waals surface area contributed by atoms with E-state index in [-0.39, 0.29) is 0 Å². The SMILES string of the molecule is Brc1cnc(OC2CNC2)s1. The minimum atomic E-state index is 0.327. The van der Waals surface area contributed by atoms with Crippen LogP contribution in [-0.4, -0.2) is 24.2 Å². The number of aromatic nitrogens is 1. The summed E-state index contributed by atoms with van der Waals surface area (Å²) < 4.78 is 6.50. The van der Waals surface area contributed by atoms with E-state index in [1.54, 1.807) is 6.20 Å². The van der Waals surface area contributed by atoms with Crippen LogP contribution in [0.1, 0.15) is 0 Å². The van der Waals surface area contributed by atoms with Gasteiger partial charge in [0.25, 0.3) is 5.19 Å². The number of thiazole rings is 1. The Morgan fingerprint density at radius 2 is 2.55 bits per heavy atom. The number of halogens is 1. The van der Waals surface area contributed by atoms with Gasteiger partial charge in [0.2, 0.25) is 0 Å². The van der Waals surface area contributed by atoms with Crippen molar-refractivity contribution in [1.82, 2.24) is 10.3 Å². The number of rotatable bonds is 2. The number of ether oxygens (including phenoxy) is 1. The Bertz CT molecular complexity index is 248. The molecule has 2 heterocycles. The molecule has 0 amide bonds. The Balaban J connectivity index is 1.95. The summed E-state index contributed by atoms with van der Waals surface area (Å²) in [5.74, 6) is 0. The van der Waals surface area contributed by atoms with Gasteiger partial charge in [-0.3, -0.25) is 0 Å². The van der Waals surface area contributed by atoms with E-state index in [0.29, 0.717) is 6.10 Å². The zero-order valence-electron chi connectivity index (χ0n) is 5.71. The molecule has 0 bridgehead atoms. The molecule has 0 spiro atoms. The van der Waals surface area contributed by atoms with Crippen molar-refractivity contribution in [3.8, 4) is 5.19 Å².